The van der Waals surface area contributed by atoms with Crippen LogP contribution in [0.2, 0.25) is 5.02 Å². The van der Waals surface area contributed by atoms with Gasteiger partial charge in [-0.25, -0.2) is 9.18 Å². The Balaban J connectivity index is 2.14. The van der Waals surface area contributed by atoms with Crippen LogP contribution in [0.15, 0.2) is 42.5 Å². The molecule has 0 bridgehead atoms. The Hall–Kier alpha value is -2.60. The van der Waals surface area contributed by atoms with Crippen LogP contribution in [0.1, 0.15) is 24.1 Å². The average Bonchev–Trinajstić information content (AvgIpc) is 2.61. The maximum atomic E-state index is 13.7. The number of ether oxygens (including phenoxy) is 1. The molecule has 0 saturated carbocycles. The van der Waals surface area contributed by atoms with Crippen LogP contribution >= 0.6 is 11.6 Å². The van der Waals surface area contributed by atoms with E-state index >= 15 is 0 Å². The second kappa shape index (κ2) is 8.67. The van der Waals surface area contributed by atoms with E-state index in [9.17, 15) is 19.1 Å². The molecule has 2 rings (SSSR count). The van der Waals surface area contributed by atoms with Crippen LogP contribution < -0.4 is 10.1 Å². The summed E-state index contributed by atoms with van der Waals surface area (Å²) in [5, 5.41) is 12.2. The molecule has 0 aromatic heterocycles. The molecule has 26 heavy (non-hydrogen) atoms. The molecule has 1 amide bonds. The number of carbonyl (C=O) groups is 2. The van der Waals surface area contributed by atoms with E-state index in [0.717, 1.165) is 0 Å². The molecule has 2 aromatic carbocycles. The number of carbonyl (C=O) groups excluding carboxylic acids is 1. The summed E-state index contributed by atoms with van der Waals surface area (Å²) in [6.07, 6.45) is 0.161. The van der Waals surface area contributed by atoms with Crippen molar-refractivity contribution in [3.63, 3.8) is 0 Å². The first-order valence-corrected chi connectivity index (χ1v) is 8.31. The maximum absolute atomic E-state index is 13.7. The number of benzene rings is 2. The van der Waals surface area contributed by atoms with Crippen molar-refractivity contribution in [3.8, 4) is 5.75 Å². The molecule has 138 valence electrons. The van der Waals surface area contributed by atoms with E-state index < -0.39 is 29.7 Å². The molecule has 0 heterocycles. The molecule has 2 aromatic rings. The topological polar surface area (TPSA) is 75.6 Å². The van der Waals surface area contributed by atoms with Crippen molar-refractivity contribution in [2.45, 2.75) is 19.4 Å². The summed E-state index contributed by atoms with van der Waals surface area (Å²) in [7, 11) is 1.45. The molecular weight excluding hydrogens is 361 g/mol. The lowest BCUT2D eigenvalue weighted by atomic mass is 9.98. The van der Waals surface area contributed by atoms with Gasteiger partial charge in [-0.3, -0.25) is 4.79 Å². The molecule has 0 aliphatic rings. The van der Waals surface area contributed by atoms with Crippen LogP contribution in [0.5, 0.6) is 5.75 Å². The number of amides is 1. The van der Waals surface area contributed by atoms with Crippen LogP contribution in [-0.4, -0.2) is 24.1 Å². The number of carboxylic acids is 1. The van der Waals surface area contributed by atoms with E-state index in [-0.39, 0.29) is 11.4 Å². The summed E-state index contributed by atoms with van der Waals surface area (Å²) >= 11 is 6.03. The fourth-order valence-electron chi connectivity index (χ4n) is 2.52. The molecule has 5 nitrogen and oxygen atoms in total. The first-order valence-electron chi connectivity index (χ1n) is 7.93. The largest absolute Gasteiger partial charge is 0.495 e. The van der Waals surface area contributed by atoms with Gasteiger partial charge in [0.2, 0.25) is 5.91 Å². The molecule has 0 radical (unpaired) electrons. The van der Waals surface area contributed by atoms with E-state index in [1.807, 2.05) is 0 Å². The Bertz CT molecular complexity index is 812. The molecule has 0 aliphatic heterocycles. The summed E-state index contributed by atoms with van der Waals surface area (Å²) in [6.45, 7) is 1.61. The van der Waals surface area contributed by atoms with Crippen molar-refractivity contribution in [1.29, 1.82) is 0 Å². The SMILES string of the molecule is COc1ccc(C(NC(=O)C(C)Cc2ccccc2F)C(=O)O)cc1Cl. The first-order chi connectivity index (χ1) is 12.3. The zero-order chi connectivity index (χ0) is 19.3. The molecule has 2 N–H and O–H groups in total. The summed E-state index contributed by atoms with van der Waals surface area (Å²) in [5.41, 5.74) is 0.712. The fourth-order valence-corrected chi connectivity index (χ4v) is 2.79. The highest BCUT2D eigenvalue weighted by Gasteiger charge is 2.25. The number of hydrogen-bond donors (Lipinski definition) is 2. The van der Waals surface area contributed by atoms with Crippen LogP contribution in [0.25, 0.3) is 0 Å². The molecule has 0 fully saturated rings. The van der Waals surface area contributed by atoms with Crippen molar-refractivity contribution in [3.05, 3.63) is 64.4 Å². The summed E-state index contributed by atoms with van der Waals surface area (Å²) in [6, 6.07) is 9.37. The van der Waals surface area contributed by atoms with Gasteiger partial charge in [-0.2, -0.15) is 0 Å². The van der Waals surface area contributed by atoms with E-state index in [4.69, 9.17) is 16.3 Å². The number of nitrogens with one attached hydrogen (secondary N) is 1. The smallest absolute Gasteiger partial charge is 0.330 e. The first kappa shape index (κ1) is 19.7. The number of rotatable bonds is 7. The minimum absolute atomic E-state index is 0.161. The normalized spacial score (nSPS) is 12.9. The standard InChI is InChI=1S/C19H19ClFNO4/c1-11(9-12-5-3-4-6-15(12)21)18(23)22-17(19(24)25)13-7-8-16(26-2)14(20)10-13/h3-8,10-11,17H,9H2,1-2H3,(H,22,23)(H,24,25). The Morgan fingerprint density at radius 2 is 1.96 bits per heavy atom. The van der Waals surface area contributed by atoms with Crippen molar-refractivity contribution in [2.75, 3.05) is 7.11 Å². The van der Waals surface area contributed by atoms with Gasteiger partial charge in [-0.15, -0.1) is 0 Å². The summed E-state index contributed by atoms with van der Waals surface area (Å²) in [4.78, 5) is 24.0. The highest BCUT2D eigenvalue weighted by Crippen LogP contribution is 2.28. The molecule has 7 heteroatoms. The van der Waals surface area contributed by atoms with Crippen molar-refractivity contribution >= 4 is 23.5 Å². The van der Waals surface area contributed by atoms with E-state index in [1.165, 1.54) is 31.4 Å². The van der Waals surface area contributed by atoms with Gasteiger partial charge in [0.15, 0.2) is 6.04 Å². The second-order valence-corrected chi connectivity index (χ2v) is 6.28. The quantitative estimate of drug-likeness (QED) is 0.770. The van der Waals surface area contributed by atoms with E-state index in [1.54, 1.807) is 25.1 Å². The Kier molecular flexibility index (Phi) is 6.58. The molecule has 0 saturated heterocycles. The highest BCUT2D eigenvalue weighted by atomic mass is 35.5. The molecule has 0 aliphatic carbocycles. The minimum Gasteiger partial charge on any atom is -0.495 e. The third-order valence-electron chi connectivity index (χ3n) is 3.97. The molecule has 0 spiro atoms. The van der Waals surface area contributed by atoms with Crippen LogP contribution in [0.3, 0.4) is 0 Å². The number of hydrogen-bond acceptors (Lipinski definition) is 3. The van der Waals surface area contributed by atoms with Gasteiger partial charge >= 0.3 is 5.97 Å². The van der Waals surface area contributed by atoms with Crippen molar-refractivity contribution in [2.24, 2.45) is 5.92 Å². The summed E-state index contributed by atoms with van der Waals surface area (Å²) in [5.74, 6) is -2.32. The van der Waals surface area contributed by atoms with Gasteiger partial charge in [-0.1, -0.05) is 42.8 Å². The summed E-state index contributed by atoms with van der Waals surface area (Å²) < 4.78 is 18.8. The van der Waals surface area contributed by atoms with E-state index in [2.05, 4.69) is 5.32 Å². The van der Waals surface area contributed by atoms with Crippen molar-refractivity contribution in [1.82, 2.24) is 5.32 Å². The predicted octanol–water partition coefficient (Wildman–Crippen LogP) is 3.61. The minimum atomic E-state index is -1.27. The lowest BCUT2D eigenvalue weighted by Gasteiger charge is -2.19. The monoisotopic (exact) mass is 379 g/mol. The Morgan fingerprint density at radius 3 is 2.54 bits per heavy atom. The molecule has 2 unspecified atom stereocenters. The van der Waals surface area contributed by atoms with Gasteiger partial charge in [0, 0.05) is 5.92 Å². The van der Waals surface area contributed by atoms with Crippen LogP contribution in [0, 0.1) is 11.7 Å². The van der Waals surface area contributed by atoms with Gasteiger partial charge in [0.1, 0.15) is 11.6 Å². The predicted molar refractivity (Wildman–Crippen MR) is 95.8 cm³/mol. The van der Waals surface area contributed by atoms with Gasteiger partial charge in [0.25, 0.3) is 0 Å². The number of halogens is 2. The fraction of sp³-hybridized carbons (Fsp3) is 0.263. The number of carboxylic acid groups (broad SMARTS) is 1. The zero-order valence-electron chi connectivity index (χ0n) is 14.3. The number of aliphatic carboxylic acids is 1. The number of methoxy groups -OCH3 is 1. The zero-order valence-corrected chi connectivity index (χ0v) is 15.1. The molecule has 2 atom stereocenters. The lowest BCUT2D eigenvalue weighted by Crippen LogP contribution is -2.37. The molecular formula is C19H19ClFNO4. The van der Waals surface area contributed by atoms with Gasteiger partial charge in [0.05, 0.1) is 12.1 Å². The van der Waals surface area contributed by atoms with Crippen molar-refractivity contribution < 1.29 is 23.8 Å². The average molecular weight is 380 g/mol. The highest BCUT2D eigenvalue weighted by molar-refractivity contribution is 6.32. The van der Waals surface area contributed by atoms with E-state index in [0.29, 0.717) is 16.9 Å². The maximum Gasteiger partial charge on any atom is 0.330 e. The third-order valence-corrected chi connectivity index (χ3v) is 4.27. The van der Waals surface area contributed by atoms with Crippen LogP contribution in [0.4, 0.5) is 4.39 Å². The lowest BCUT2D eigenvalue weighted by molar-refractivity contribution is -0.142. The Labute approximate surface area is 155 Å². The van der Waals surface area contributed by atoms with Gasteiger partial charge in [-0.05, 0) is 35.7 Å². The Morgan fingerprint density at radius 1 is 1.27 bits per heavy atom. The van der Waals surface area contributed by atoms with Crippen LogP contribution in [-0.2, 0) is 16.0 Å². The van der Waals surface area contributed by atoms with Gasteiger partial charge < -0.3 is 15.2 Å². The second-order valence-electron chi connectivity index (χ2n) is 5.87. The third kappa shape index (κ3) is 4.73.